The summed E-state index contributed by atoms with van der Waals surface area (Å²) >= 11 is 9.25. The van der Waals surface area contributed by atoms with Gasteiger partial charge in [0.15, 0.2) is 0 Å². The topological polar surface area (TPSA) is 55.8 Å². The molecule has 0 atom stereocenters. The molecule has 0 saturated heterocycles. The monoisotopic (exact) mass is 575 g/mol. The van der Waals surface area contributed by atoms with Gasteiger partial charge in [0.25, 0.3) is 0 Å². The predicted octanol–water partition coefficient (Wildman–Crippen LogP) is -0.801. The zero-order valence-electron chi connectivity index (χ0n) is 8.00. The Hall–Kier alpha value is 1.93. The summed E-state index contributed by atoms with van der Waals surface area (Å²) in [6.07, 6.45) is 0.0482. The maximum Gasteiger partial charge on any atom is 0.305 e. The summed E-state index contributed by atoms with van der Waals surface area (Å²) in [5.41, 5.74) is 0. The van der Waals surface area contributed by atoms with Crippen molar-refractivity contribution in [1.82, 2.24) is 0 Å². The molecule has 0 aromatic rings. The van der Waals surface area contributed by atoms with Crippen molar-refractivity contribution < 1.29 is 32.6 Å². The van der Waals surface area contributed by atoms with E-state index in [0.717, 1.165) is 0 Å². The molecule has 0 amide bonds. The number of ether oxygens (including phenoxy) is 2. The largest absolute Gasteiger partial charge is 0.481 e. The molecule has 0 rings (SSSR count). The predicted molar refractivity (Wildman–Crippen MR) is 75.8 cm³/mol. The van der Waals surface area contributed by atoms with Crippen LogP contribution in [0.3, 0.4) is 0 Å². The molecule has 0 aliphatic carbocycles. The fourth-order valence-electron chi connectivity index (χ4n) is 0.546. The average molecular weight is 575 g/mol. The van der Waals surface area contributed by atoms with E-state index in [-0.39, 0.29) is 13.0 Å². The van der Waals surface area contributed by atoms with E-state index >= 15 is 0 Å². The minimum Gasteiger partial charge on any atom is -0.481 e. The standard InChI is InChI=1S/C7H14O4S.I3/c8-7(9)1-2-10-3-4-11-5-6-12;1-3-2/h12H,1-6H2,(H,8,9);/q;-1. The van der Waals surface area contributed by atoms with E-state index in [1.54, 1.807) is 0 Å². The summed E-state index contributed by atoms with van der Waals surface area (Å²) in [5.74, 6) is -0.152. The van der Waals surface area contributed by atoms with Gasteiger partial charge < -0.3 is 14.6 Å². The fourth-order valence-corrected chi connectivity index (χ4v) is 0.675. The summed E-state index contributed by atoms with van der Waals surface area (Å²) in [7, 11) is 0. The fraction of sp³-hybridized carbons (Fsp3) is 0.857. The molecule has 0 fully saturated rings. The Bertz CT molecular complexity index is 139. The van der Waals surface area contributed by atoms with E-state index in [1.807, 2.05) is 0 Å². The van der Waals surface area contributed by atoms with Crippen LogP contribution in [-0.4, -0.2) is 43.3 Å². The van der Waals surface area contributed by atoms with Gasteiger partial charge in [0.05, 0.1) is 32.8 Å². The zero-order valence-corrected chi connectivity index (χ0v) is 15.4. The Labute approximate surface area is 125 Å². The van der Waals surface area contributed by atoms with E-state index in [4.69, 9.17) is 14.6 Å². The number of hydrogen-bond acceptors (Lipinski definition) is 4. The first kappa shape index (κ1) is 19.3. The SMILES string of the molecule is I[I-]I.O=C(O)CCOCCOCCS. The Morgan fingerprint density at radius 2 is 1.67 bits per heavy atom. The van der Waals surface area contributed by atoms with Crippen LogP contribution in [0.25, 0.3) is 0 Å². The molecule has 0 radical (unpaired) electrons. The quantitative estimate of drug-likeness (QED) is 0.227. The van der Waals surface area contributed by atoms with E-state index in [1.165, 1.54) is 0 Å². The van der Waals surface area contributed by atoms with Crippen LogP contribution in [0, 0.1) is 0 Å². The van der Waals surface area contributed by atoms with Crippen molar-refractivity contribution in [3.63, 3.8) is 0 Å². The Morgan fingerprint density at radius 3 is 2.07 bits per heavy atom. The molecule has 0 spiro atoms. The summed E-state index contributed by atoms with van der Waals surface area (Å²) < 4.78 is 10.0. The maximum absolute atomic E-state index is 10.0. The number of thiol groups is 1. The molecule has 1 N–H and O–H groups in total. The van der Waals surface area contributed by atoms with Gasteiger partial charge >= 0.3 is 56.5 Å². The molecule has 0 aromatic heterocycles. The molecule has 4 nitrogen and oxygen atoms in total. The van der Waals surface area contributed by atoms with E-state index < -0.39 is 5.97 Å². The third kappa shape index (κ3) is 25.9. The van der Waals surface area contributed by atoms with Gasteiger partial charge in [-0.25, -0.2) is 0 Å². The maximum atomic E-state index is 10.0. The molecule has 0 aliphatic heterocycles. The van der Waals surface area contributed by atoms with Crippen LogP contribution in [0.1, 0.15) is 6.42 Å². The molecule has 15 heavy (non-hydrogen) atoms. The van der Waals surface area contributed by atoms with Crippen molar-refractivity contribution in [2.45, 2.75) is 6.42 Å². The van der Waals surface area contributed by atoms with E-state index in [0.29, 0.717) is 38.8 Å². The average Bonchev–Trinajstić information content (AvgIpc) is 2.17. The second kappa shape index (κ2) is 18.3. The number of rotatable bonds is 8. The van der Waals surface area contributed by atoms with Crippen LogP contribution in [0.5, 0.6) is 0 Å². The number of carbonyl (C=O) groups is 1. The van der Waals surface area contributed by atoms with Gasteiger partial charge in [-0.1, -0.05) is 0 Å². The Morgan fingerprint density at radius 1 is 1.20 bits per heavy atom. The molecule has 0 unspecified atom stereocenters. The molecular formula is C7H14I3O4S-. The van der Waals surface area contributed by atoms with Crippen molar-refractivity contribution in [2.75, 3.05) is 32.2 Å². The molecule has 94 valence electrons. The van der Waals surface area contributed by atoms with Gasteiger partial charge in [-0.3, -0.25) is 4.79 Å². The van der Waals surface area contributed by atoms with Crippen LogP contribution >= 0.6 is 49.9 Å². The van der Waals surface area contributed by atoms with Gasteiger partial charge in [0, 0.05) is 5.75 Å². The van der Waals surface area contributed by atoms with E-state index in [9.17, 15) is 4.79 Å². The van der Waals surface area contributed by atoms with Crippen LogP contribution in [0.4, 0.5) is 0 Å². The summed E-state index contributed by atoms with van der Waals surface area (Å²) in [5, 5.41) is 8.23. The molecule has 0 saturated carbocycles. The third-order valence-corrected chi connectivity index (χ3v) is 1.25. The normalized spacial score (nSPS) is 9.53. The van der Waals surface area contributed by atoms with Crippen molar-refractivity contribution >= 4 is 55.8 Å². The summed E-state index contributed by atoms with van der Waals surface area (Å²) in [6, 6.07) is 0. The minimum absolute atomic E-state index is 0.0482. The van der Waals surface area contributed by atoms with Gasteiger partial charge in [0.1, 0.15) is 0 Å². The Kier molecular flexibility index (Phi) is 23.5. The van der Waals surface area contributed by atoms with Gasteiger partial charge in [-0.05, 0) is 0 Å². The number of carboxylic acid groups (broad SMARTS) is 1. The first-order chi connectivity index (χ1) is 7.18. The van der Waals surface area contributed by atoms with Crippen molar-refractivity contribution in [2.24, 2.45) is 0 Å². The number of hydrogen-bond donors (Lipinski definition) is 2. The molecule has 8 heteroatoms. The smallest absolute Gasteiger partial charge is 0.305 e. The molecule has 0 bridgehead atoms. The van der Waals surface area contributed by atoms with Crippen LogP contribution in [-0.2, 0) is 14.3 Å². The molecule has 0 aromatic carbocycles. The molecule has 0 heterocycles. The van der Waals surface area contributed by atoms with E-state index in [2.05, 4.69) is 49.9 Å². The molecular weight excluding hydrogens is 561 g/mol. The minimum atomic E-state index is -0.841. The second-order valence-corrected chi connectivity index (χ2v) is 18.8. The zero-order chi connectivity index (χ0) is 11.9. The van der Waals surface area contributed by atoms with Crippen molar-refractivity contribution in [3.8, 4) is 0 Å². The number of halogens is 3. The summed E-state index contributed by atoms with van der Waals surface area (Å²) in [6.45, 7) is 1.80. The first-order valence-electron chi connectivity index (χ1n) is 4.04. The Balaban J connectivity index is 0. The third-order valence-electron chi connectivity index (χ3n) is 1.07. The number of carboxylic acids is 1. The molecule has 0 aliphatic rings. The second-order valence-electron chi connectivity index (χ2n) is 2.15. The van der Waals surface area contributed by atoms with Crippen LogP contribution in [0.15, 0.2) is 0 Å². The van der Waals surface area contributed by atoms with Crippen LogP contribution < -0.4 is 13.3 Å². The van der Waals surface area contributed by atoms with Crippen molar-refractivity contribution in [1.29, 1.82) is 0 Å². The first-order valence-corrected chi connectivity index (χ1v) is 17.2. The van der Waals surface area contributed by atoms with Gasteiger partial charge in [-0.15, -0.1) is 0 Å². The van der Waals surface area contributed by atoms with Crippen molar-refractivity contribution in [3.05, 3.63) is 0 Å². The number of aliphatic carboxylic acids is 1. The van der Waals surface area contributed by atoms with Gasteiger partial charge in [-0.2, -0.15) is 12.6 Å². The summed E-state index contributed by atoms with van der Waals surface area (Å²) in [4.78, 5) is 10.0. The van der Waals surface area contributed by atoms with Gasteiger partial charge in [0.2, 0.25) is 0 Å². The van der Waals surface area contributed by atoms with Crippen LogP contribution in [0.2, 0.25) is 0 Å².